The first-order valence-corrected chi connectivity index (χ1v) is 6.91. The van der Waals surface area contributed by atoms with Crippen LogP contribution in [-0.4, -0.2) is 13.4 Å². The van der Waals surface area contributed by atoms with Gasteiger partial charge in [0.1, 0.15) is 0 Å². The van der Waals surface area contributed by atoms with Gasteiger partial charge in [-0.2, -0.15) is 0 Å². The summed E-state index contributed by atoms with van der Waals surface area (Å²) in [6, 6.07) is 7.96. The van der Waals surface area contributed by atoms with Gasteiger partial charge in [0.15, 0.2) is 0 Å². The monoisotopic (exact) mass is 265 g/mol. The maximum atomic E-state index is 12.4. The highest BCUT2D eigenvalue weighted by molar-refractivity contribution is 7.91. The van der Waals surface area contributed by atoms with E-state index in [1.807, 2.05) is 6.92 Å². The predicted octanol–water partition coefficient (Wildman–Crippen LogP) is 1.75. The summed E-state index contributed by atoms with van der Waals surface area (Å²) in [5.41, 5.74) is 4.59. The van der Waals surface area contributed by atoms with E-state index in [1.54, 1.807) is 25.1 Å². The van der Waals surface area contributed by atoms with Gasteiger partial charge in [0.25, 0.3) is 0 Å². The lowest BCUT2D eigenvalue weighted by Gasteiger charge is -2.05. The molecule has 5 nitrogen and oxygen atoms in total. The normalized spacial score (nSPS) is 11.5. The number of H-pyrrole nitrogens is 1. The van der Waals surface area contributed by atoms with Crippen molar-refractivity contribution in [3.63, 3.8) is 0 Å². The quantitative estimate of drug-likeness (QED) is 0.582. The number of aryl methyl sites for hydroxylation is 2. The van der Waals surface area contributed by atoms with Crippen molar-refractivity contribution in [2.75, 3.05) is 5.43 Å². The van der Waals surface area contributed by atoms with Crippen molar-refractivity contribution in [3.8, 4) is 0 Å². The number of anilines is 1. The molecule has 1 aromatic heterocycles. The summed E-state index contributed by atoms with van der Waals surface area (Å²) < 4.78 is 24.8. The van der Waals surface area contributed by atoms with E-state index in [9.17, 15) is 8.42 Å². The standard InChI is InChI=1S/C12H15N3O2S/c1-8-7-12(9(2)14-8)18(16,17)11-5-3-10(15-13)4-6-11/h3-7,14-15H,13H2,1-2H3. The number of nitrogen functional groups attached to an aromatic ring is 1. The van der Waals surface area contributed by atoms with Crippen LogP contribution in [0, 0.1) is 13.8 Å². The van der Waals surface area contributed by atoms with E-state index >= 15 is 0 Å². The molecule has 0 radical (unpaired) electrons. The number of aromatic amines is 1. The molecule has 2 rings (SSSR count). The molecule has 1 aromatic carbocycles. The van der Waals surface area contributed by atoms with E-state index in [1.165, 1.54) is 12.1 Å². The van der Waals surface area contributed by atoms with Gasteiger partial charge < -0.3 is 10.4 Å². The Morgan fingerprint density at radius 2 is 1.78 bits per heavy atom. The number of hydrogen-bond donors (Lipinski definition) is 3. The van der Waals surface area contributed by atoms with Crippen LogP contribution in [-0.2, 0) is 9.84 Å². The summed E-state index contributed by atoms with van der Waals surface area (Å²) in [7, 11) is -3.47. The molecule has 1 heterocycles. The van der Waals surface area contributed by atoms with Gasteiger partial charge >= 0.3 is 0 Å². The van der Waals surface area contributed by atoms with Gasteiger partial charge in [-0.3, -0.25) is 5.84 Å². The molecule has 6 heteroatoms. The molecular weight excluding hydrogens is 250 g/mol. The molecule has 0 atom stereocenters. The maximum absolute atomic E-state index is 12.4. The van der Waals surface area contributed by atoms with Gasteiger partial charge in [-0.1, -0.05) is 0 Å². The van der Waals surface area contributed by atoms with Crippen LogP contribution in [0.25, 0.3) is 0 Å². The van der Waals surface area contributed by atoms with Gasteiger partial charge in [0.05, 0.1) is 9.79 Å². The lowest BCUT2D eigenvalue weighted by atomic mass is 10.3. The molecule has 18 heavy (non-hydrogen) atoms. The third kappa shape index (κ3) is 2.12. The zero-order valence-electron chi connectivity index (χ0n) is 10.2. The number of hydrogen-bond acceptors (Lipinski definition) is 4. The van der Waals surface area contributed by atoms with Gasteiger partial charge in [-0.15, -0.1) is 0 Å². The lowest BCUT2D eigenvalue weighted by molar-refractivity contribution is 0.595. The highest BCUT2D eigenvalue weighted by Crippen LogP contribution is 2.25. The first-order valence-electron chi connectivity index (χ1n) is 5.43. The van der Waals surface area contributed by atoms with Crippen LogP contribution in [0.5, 0.6) is 0 Å². The third-order valence-electron chi connectivity index (χ3n) is 2.72. The fraction of sp³-hybridized carbons (Fsp3) is 0.167. The van der Waals surface area contributed by atoms with Crippen LogP contribution in [0.4, 0.5) is 5.69 Å². The second kappa shape index (κ2) is 4.47. The van der Waals surface area contributed by atoms with Gasteiger partial charge in [-0.05, 0) is 44.2 Å². The average Bonchev–Trinajstić information content (AvgIpc) is 2.69. The highest BCUT2D eigenvalue weighted by Gasteiger charge is 2.21. The molecule has 0 aliphatic carbocycles. The molecule has 0 unspecified atom stereocenters. The summed E-state index contributed by atoms with van der Waals surface area (Å²) in [4.78, 5) is 3.56. The first kappa shape index (κ1) is 12.7. The number of sulfone groups is 1. The summed E-state index contributed by atoms with van der Waals surface area (Å²) in [6.45, 7) is 3.57. The number of rotatable bonds is 3. The summed E-state index contributed by atoms with van der Waals surface area (Å²) >= 11 is 0. The van der Waals surface area contributed by atoms with E-state index in [2.05, 4.69) is 10.4 Å². The minimum atomic E-state index is -3.47. The molecular formula is C12H15N3O2S. The second-order valence-electron chi connectivity index (χ2n) is 4.11. The summed E-state index contributed by atoms with van der Waals surface area (Å²) in [5, 5.41) is 0. The Labute approximate surface area is 106 Å². The molecule has 96 valence electrons. The largest absolute Gasteiger partial charge is 0.362 e. The Balaban J connectivity index is 2.51. The fourth-order valence-corrected chi connectivity index (χ4v) is 3.37. The van der Waals surface area contributed by atoms with Gasteiger partial charge in [0.2, 0.25) is 9.84 Å². The fourth-order valence-electron chi connectivity index (χ4n) is 1.83. The molecule has 0 fully saturated rings. The van der Waals surface area contributed by atoms with Crippen molar-refractivity contribution < 1.29 is 8.42 Å². The van der Waals surface area contributed by atoms with Crippen LogP contribution >= 0.6 is 0 Å². The van der Waals surface area contributed by atoms with Crippen LogP contribution in [0.1, 0.15) is 11.4 Å². The minimum absolute atomic E-state index is 0.253. The van der Waals surface area contributed by atoms with Crippen LogP contribution in [0.2, 0.25) is 0 Å². The maximum Gasteiger partial charge on any atom is 0.208 e. The molecule has 2 aromatic rings. The highest BCUT2D eigenvalue weighted by atomic mass is 32.2. The summed E-state index contributed by atoms with van der Waals surface area (Å²) in [6.07, 6.45) is 0. The zero-order chi connectivity index (χ0) is 13.3. The SMILES string of the molecule is Cc1cc(S(=O)(=O)c2ccc(NN)cc2)c(C)[nH]1. The van der Waals surface area contributed by atoms with Gasteiger partial charge in [-0.25, -0.2) is 8.42 Å². The molecule has 0 bridgehead atoms. The van der Waals surface area contributed by atoms with E-state index in [0.29, 0.717) is 16.3 Å². The summed E-state index contributed by atoms with van der Waals surface area (Å²) in [5.74, 6) is 5.24. The van der Waals surface area contributed by atoms with Crippen molar-refractivity contribution in [1.82, 2.24) is 4.98 Å². The minimum Gasteiger partial charge on any atom is -0.362 e. The topological polar surface area (TPSA) is 88.0 Å². The lowest BCUT2D eigenvalue weighted by Crippen LogP contribution is -2.07. The molecule has 0 aliphatic heterocycles. The zero-order valence-corrected chi connectivity index (χ0v) is 11.0. The Morgan fingerprint density at radius 1 is 1.17 bits per heavy atom. The van der Waals surface area contributed by atoms with E-state index < -0.39 is 9.84 Å². The van der Waals surface area contributed by atoms with Crippen molar-refractivity contribution in [2.24, 2.45) is 5.84 Å². The van der Waals surface area contributed by atoms with E-state index in [4.69, 9.17) is 5.84 Å². The molecule has 0 spiro atoms. The van der Waals surface area contributed by atoms with Crippen molar-refractivity contribution in [2.45, 2.75) is 23.6 Å². The second-order valence-corrected chi connectivity index (χ2v) is 6.03. The smallest absolute Gasteiger partial charge is 0.208 e. The predicted molar refractivity (Wildman–Crippen MR) is 70.0 cm³/mol. The first-order chi connectivity index (χ1) is 8.45. The number of benzene rings is 1. The number of nitrogens with one attached hydrogen (secondary N) is 2. The van der Waals surface area contributed by atoms with Crippen LogP contribution in [0.3, 0.4) is 0 Å². The van der Waals surface area contributed by atoms with Crippen LogP contribution in [0.15, 0.2) is 40.1 Å². The Hall–Kier alpha value is -1.79. The average molecular weight is 265 g/mol. The molecule has 4 N–H and O–H groups in total. The molecule has 0 saturated carbocycles. The van der Waals surface area contributed by atoms with Crippen LogP contribution < -0.4 is 11.3 Å². The third-order valence-corrected chi connectivity index (χ3v) is 4.62. The number of aromatic nitrogens is 1. The van der Waals surface area contributed by atoms with E-state index in [0.717, 1.165) is 5.69 Å². The van der Waals surface area contributed by atoms with E-state index in [-0.39, 0.29) is 4.90 Å². The van der Waals surface area contributed by atoms with Gasteiger partial charge in [0, 0.05) is 17.1 Å². The molecule has 0 saturated heterocycles. The van der Waals surface area contributed by atoms with Crippen molar-refractivity contribution >= 4 is 15.5 Å². The Bertz CT molecular complexity index is 657. The molecule has 0 amide bonds. The Morgan fingerprint density at radius 3 is 2.22 bits per heavy atom. The number of hydrazine groups is 1. The number of nitrogens with two attached hydrogens (primary N) is 1. The molecule has 0 aliphatic rings. The van der Waals surface area contributed by atoms with Crippen molar-refractivity contribution in [3.05, 3.63) is 41.7 Å². The van der Waals surface area contributed by atoms with Crippen molar-refractivity contribution in [1.29, 1.82) is 0 Å². The Kier molecular flexibility index (Phi) is 3.14.